The van der Waals surface area contributed by atoms with E-state index in [1.54, 1.807) is 36.4 Å². The highest BCUT2D eigenvalue weighted by molar-refractivity contribution is 7.90. The van der Waals surface area contributed by atoms with E-state index in [9.17, 15) is 18.3 Å². The van der Waals surface area contributed by atoms with Crippen LogP contribution < -0.4 is 0 Å². The average molecular weight is 337 g/mol. The molecule has 2 rings (SSSR count). The minimum Gasteiger partial charge on any atom is -0.478 e. The van der Waals surface area contributed by atoms with Gasteiger partial charge in [-0.1, -0.05) is 41.9 Å². The van der Waals surface area contributed by atoms with Crippen molar-refractivity contribution in [2.75, 3.05) is 6.26 Å². The SMILES string of the molecule is CS(=O)(=O)c1ccc(/C=C(/C(=O)O)c2ccccc2Cl)cc1. The molecular weight excluding hydrogens is 324 g/mol. The lowest BCUT2D eigenvalue weighted by molar-refractivity contribution is -0.130. The van der Waals surface area contributed by atoms with Gasteiger partial charge in [0.05, 0.1) is 10.5 Å². The summed E-state index contributed by atoms with van der Waals surface area (Å²) in [5.74, 6) is -1.11. The van der Waals surface area contributed by atoms with E-state index in [2.05, 4.69) is 0 Å². The van der Waals surface area contributed by atoms with Crippen LogP contribution >= 0.6 is 11.6 Å². The van der Waals surface area contributed by atoms with Gasteiger partial charge in [-0.15, -0.1) is 0 Å². The summed E-state index contributed by atoms with van der Waals surface area (Å²) in [6.45, 7) is 0. The van der Waals surface area contributed by atoms with E-state index in [0.29, 0.717) is 16.1 Å². The lowest BCUT2D eigenvalue weighted by Gasteiger charge is -2.06. The third kappa shape index (κ3) is 3.75. The predicted molar refractivity (Wildman–Crippen MR) is 86.5 cm³/mol. The number of rotatable bonds is 4. The second-order valence-electron chi connectivity index (χ2n) is 4.68. The van der Waals surface area contributed by atoms with Gasteiger partial charge >= 0.3 is 5.97 Å². The third-order valence-electron chi connectivity index (χ3n) is 3.01. The van der Waals surface area contributed by atoms with Crippen LogP contribution in [0.5, 0.6) is 0 Å². The van der Waals surface area contributed by atoms with Crippen molar-refractivity contribution >= 4 is 39.1 Å². The summed E-state index contributed by atoms with van der Waals surface area (Å²) in [7, 11) is -3.28. The van der Waals surface area contributed by atoms with Gasteiger partial charge in [-0.2, -0.15) is 0 Å². The number of carboxylic acids is 1. The Balaban J connectivity index is 2.48. The van der Waals surface area contributed by atoms with E-state index in [0.717, 1.165) is 6.26 Å². The molecule has 0 bridgehead atoms. The zero-order valence-electron chi connectivity index (χ0n) is 11.7. The molecule has 0 aliphatic carbocycles. The van der Waals surface area contributed by atoms with E-state index in [1.165, 1.54) is 18.2 Å². The largest absolute Gasteiger partial charge is 0.478 e. The van der Waals surface area contributed by atoms with Crippen molar-refractivity contribution in [3.63, 3.8) is 0 Å². The first-order chi connectivity index (χ1) is 10.3. The molecule has 0 heterocycles. The maximum atomic E-state index is 11.5. The summed E-state index contributed by atoms with van der Waals surface area (Å²) in [6, 6.07) is 12.6. The van der Waals surface area contributed by atoms with Crippen LogP contribution in [-0.2, 0) is 14.6 Å². The maximum absolute atomic E-state index is 11.5. The fraction of sp³-hybridized carbons (Fsp3) is 0.0625. The molecule has 2 aromatic carbocycles. The molecule has 0 spiro atoms. The fourth-order valence-corrected chi connectivity index (χ4v) is 2.78. The molecule has 0 unspecified atom stereocenters. The fourth-order valence-electron chi connectivity index (χ4n) is 1.91. The van der Waals surface area contributed by atoms with E-state index in [-0.39, 0.29) is 10.5 Å². The molecule has 1 N–H and O–H groups in total. The third-order valence-corrected chi connectivity index (χ3v) is 4.47. The van der Waals surface area contributed by atoms with Crippen LogP contribution in [0.3, 0.4) is 0 Å². The molecule has 0 radical (unpaired) electrons. The summed E-state index contributed by atoms with van der Waals surface area (Å²) in [4.78, 5) is 11.6. The molecule has 0 aliphatic heterocycles. The highest BCUT2D eigenvalue weighted by atomic mass is 35.5. The highest BCUT2D eigenvalue weighted by Crippen LogP contribution is 2.26. The first-order valence-electron chi connectivity index (χ1n) is 6.29. The minimum absolute atomic E-state index is 0.0395. The smallest absolute Gasteiger partial charge is 0.336 e. The number of hydrogen-bond donors (Lipinski definition) is 1. The molecule has 4 nitrogen and oxygen atoms in total. The number of aliphatic carboxylic acids is 1. The van der Waals surface area contributed by atoms with Gasteiger partial charge in [-0.25, -0.2) is 13.2 Å². The molecule has 0 aromatic heterocycles. The van der Waals surface area contributed by atoms with Crippen LogP contribution in [-0.4, -0.2) is 25.7 Å². The molecule has 2 aromatic rings. The van der Waals surface area contributed by atoms with E-state index < -0.39 is 15.8 Å². The molecule has 0 aliphatic rings. The molecule has 22 heavy (non-hydrogen) atoms. The summed E-state index contributed by atoms with van der Waals surface area (Å²) >= 11 is 6.03. The van der Waals surface area contributed by atoms with E-state index in [1.807, 2.05) is 0 Å². The maximum Gasteiger partial charge on any atom is 0.336 e. The summed E-state index contributed by atoms with van der Waals surface area (Å²) < 4.78 is 22.8. The Hall–Kier alpha value is -2.11. The van der Waals surface area contributed by atoms with E-state index in [4.69, 9.17) is 11.6 Å². The van der Waals surface area contributed by atoms with Gasteiger partial charge < -0.3 is 5.11 Å². The Labute approximate surface area is 133 Å². The van der Waals surface area contributed by atoms with Crippen molar-refractivity contribution in [1.29, 1.82) is 0 Å². The highest BCUT2D eigenvalue weighted by Gasteiger charge is 2.14. The van der Waals surface area contributed by atoms with Crippen LogP contribution in [0, 0.1) is 0 Å². The summed E-state index contributed by atoms with van der Waals surface area (Å²) in [6.07, 6.45) is 2.57. The van der Waals surface area contributed by atoms with Gasteiger partial charge in [-0.3, -0.25) is 0 Å². The molecule has 0 saturated heterocycles. The van der Waals surface area contributed by atoms with Gasteiger partial charge in [0.15, 0.2) is 9.84 Å². The Kier molecular flexibility index (Phi) is 4.68. The Morgan fingerprint density at radius 3 is 2.18 bits per heavy atom. The van der Waals surface area contributed by atoms with Crippen molar-refractivity contribution in [2.45, 2.75) is 4.90 Å². The van der Waals surface area contributed by atoms with Crippen LogP contribution in [0.25, 0.3) is 11.6 Å². The van der Waals surface area contributed by atoms with Crippen LogP contribution in [0.4, 0.5) is 0 Å². The first kappa shape index (κ1) is 16.3. The number of sulfone groups is 1. The van der Waals surface area contributed by atoms with Crippen molar-refractivity contribution in [3.05, 3.63) is 64.7 Å². The molecule has 114 valence electrons. The lowest BCUT2D eigenvalue weighted by atomic mass is 10.0. The Bertz CT molecular complexity index is 837. The van der Waals surface area contributed by atoms with Gasteiger partial charge in [0.25, 0.3) is 0 Å². The number of carboxylic acid groups (broad SMARTS) is 1. The lowest BCUT2D eigenvalue weighted by Crippen LogP contribution is -2.00. The number of halogens is 1. The molecule has 0 atom stereocenters. The zero-order valence-corrected chi connectivity index (χ0v) is 13.2. The first-order valence-corrected chi connectivity index (χ1v) is 8.56. The van der Waals surface area contributed by atoms with Gasteiger partial charge in [0.2, 0.25) is 0 Å². The van der Waals surface area contributed by atoms with E-state index >= 15 is 0 Å². The standard InChI is InChI=1S/C16H13ClO4S/c1-22(20,21)12-8-6-11(7-9-12)10-14(16(18)19)13-4-2-3-5-15(13)17/h2-10H,1H3,(H,18,19)/b14-10+. The van der Waals surface area contributed by atoms with Crippen LogP contribution in [0.1, 0.15) is 11.1 Å². The van der Waals surface area contributed by atoms with Crippen molar-refractivity contribution < 1.29 is 18.3 Å². The number of hydrogen-bond acceptors (Lipinski definition) is 3. The van der Waals surface area contributed by atoms with Crippen LogP contribution in [0.15, 0.2) is 53.4 Å². The second kappa shape index (κ2) is 6.34. The molecule has 0 amide bonds. The topological polar surface area (TPSA) is 71.4 Å². The molecule has 6 heteroatoms. The Morgan fingerprint density at radius 1 is 1.09 bits per heavy atom. The van der Waals surface area contributed by atoms with Crippen molar-refractivity contribution in [3.8, 4) is 0 Å². The average Bonchev–Trinajstić information content (AvgIpc) is 2.45. The number of benzene rings is 2. The molecule has 0 saturated carbocycles. The van der Waals surface area contributed by atoms with Gasteiger partial charge in [-0.05, 0) is 29.8 Å². The second-order valence-corrected chi connectivity index (χ2v) is 7.11. The summed E-state index contributed by atoms with van der Waals surface area (Å²) in [5.41, 5.74) is 1.02. The Morgan fingerprint density at radius 2 is 1.68 bits per heavy atom. The van der Waals surface area contributed by atoms with Crippen LogP contribution in [0.2, 0.25) is 5.02 Å². The molecular formula is C16H13ClO4S. The monoisotopic (exact) mass is 336 g/mol. The van der Waals surface area contributed by atoms with Gasteiger partial charge in [0.1, 0.15) is 0 Å². The predicted octanol–water partition coefficient (Wildman–Crippen LogP) is 3.37. The van der Waals surface area contributed by atoms with Gasteiger partial charge in [0, 0.05) is 16.8 Å². The molecule has 0 fully saturated rings. The quantitative estimate of drug-likeness (QED) is 0.686. The normalized spacial score (nSPS) is 12.2. The number of carbonyl (C=O) groups is 1. The van der Waals surface area contributed by atoms with Crippen molar-refractivity contribution in [2.24, 2.45) is 0 Å². The van der Waals surface area contributed by atoms with Crippen molar-refractivity contribution in [1.82, 2.24) is 0 Å². The zero-order chi connectivity index (χ0) is 16.3. The minimum atomic E-state index is -3.28. The summed E-state index contributed by atoms with van der Waals surface area (Å²) in [5, 5.41) is 9.71.